The summed E-state index contributed by atoms with van der Waals surface area (Å²) >= 11 is 4.69. The highest BCUT2D eigenvalue weighted by Crippen LogP contribution is 2.33. The molecule has 0 spiro atoms. The van der Waals surface area contributed by atoms with Crippen LogP contribution < -0.4 is 0 Å². The van der Waals surface area contributed by atoms with Crippen LogP contribution in [0.2, 0.25) is 0 Å². The molecule has 0 aliphatic rings. The highest BCUT2D eigenvalue weighted by Gasteiger charge is 2.18. The van der Waals surface area contributed by atoms with E-state index in [4.69, 9.17) is 0 Å². The predicted molar refractivity (Wildman–Crippen MR) is 128 cm³/mol. The van der Waals surface area contributed by atoms with Gasteiger partial charge in [0.2, 0.25) is 0 Å². The Labute approximate surface area is 177 Å². The molecule has 0 amide bonds. The van der Waals surface area contributed by atoms with Crippen molar-refractivity contribution in [2.75, 3.05) is 0 Å². The third kappa shape index (κ3) is 6.60. The fraction of sp³-hybridized carbons (Fsp3) is 0.385. The Bertz CT molecular complexity index is 808. The average Bonchev–Trinajstić information content (AvgIpc) is 2.62. The van der Waals surface area contributed by atoms with Crippen LogP contribution in [0.25, 0.3) is 0 Å². The van der Waals surface area contributed by atoms with E-state index < -0.39 is 0 Å². The first-order chi connectivity index (χ1) is 13.1. The number of aliphatic hydroxyl groups is 1. The van der Waals surface area contributed by atoms with Crippen molar-refractivity contribution < 1.29 is 5.11 Å². The van der Waals surface area contributed by atoms with Gasteiger partial charge in [-0.1, -0.05) is 63.4 Å². The van der Waals surface area contributed by atoms with Gasteiger partial charge in [0, 0.05) is 5.57 Å². The number of thiol groups is 1. The van der Waals surface area contributed by atoms with Crippen molar-refractivity contribution in [1.82, 2.24) is 0 Å². The van der Waals surface area contributed by atoms with Gasteiger partial charge in [0.05, 0.1) is 0 Å². The summed E-state index contributed by atoms with van der Waals surface area (Å²) in [5.74, 6) is 0.729. The normalized spacial score (nSPS) is 15.0. The van der Waals surface area contributed by atoms with Crippen molar-refractivity contribution in [3.8, 4) is 0 Å². The van der Waals surface area contributed by atoms with Gasteiger partial charge in [-0.2, -0.15) is 0 Å². The Balaban J connectivity index is 3.19. The van der Waals surface area contributed by atoms with Crippen LogP contribution in [0.1, 0.15) is 62.3 Å². The molecule has 1 aromatic carbocycles. The zero-order valence-corrected chi connectivity index (χ0v) is 19.2. The summed E-state index contributed by atoms with van der Waals surface area (Å²) in [6.45, 7) is 20.5. The monoisotopic (exact) mass is 396 g/mol. The maximum Gasteiger partial charge on any atom is 0.115 e. The lowest BCUT2D eigenvalue weighted by Gasteiger charge is -2.22. The van der Waals surface area contributed by atoms with E-state index in [1.165, 1.54) is 22.3 Å². The quantitative estimate of drug-likeness (QED) is 0.246. The third-order valence-corrected chi connectivity index (χ3v) is 5.90. The van der Waals surface area contributed by atoms with Gasteiger partial charge >= 0.3 is 0 Å². The summed E-state index contributed by atoms with van der Waals surface area (Å²) in [5.41, 5.74) is 6.99. The molecule has 0 aliphatic heterocycles. The second kappa shape index (κ2) is 11.2. The Hall–Kier alpha value is -1.93. The van der Waals surface area contributed by atoms with E-state index in [1.54, 1.807) is 0 Å². The molecule has 152 valence electrons. The van der Waals surface area contributed by atoms with Crippen LogP contribution >= 0.6 is 12.6 Å². The standard InChI is InChI=1S/C26H36OS/c1-9-11-12-26(28)21(7)15-23-14-17(3)18(4)16-25(23)20(6)13-19(5)24(10-2)22(8)27/h9-12,14,16,20-21,27-28H,5,8,13,15H2,1-4,6-7H3/b11-9-,24-10+,26-12-. The van der Waals surface area contributed by atoms with Gasteiger partial charge in [-0.05, 0) is 85.1 Å². The van der Waals surface area contributed by atoms with E-state index in [1.807, 2.05) is 32.1 Å². The van der Waals surface area contributed by atoms with Crippen molar-refractivity contribution >= 4 is 12.6 Å². The molecule has 28 heavy (non-hydrogen) atoms. The summed E-state index contributed by atoms with van der Waals surface area (Å²) in [6, 6.07) is 4.63. The first-order valence-electron chi connectivity index (χ1n) is 9.96. The van der Waals surface area contributed by atoms with Gasteiger partial charge in [-0.25, -0.2) is 0 Å². The van der Waals surface area contributed by atoms with Gasteiger partial charge in [-0.3, -0.25) is 0 Å². The lowest BCUT2D eigenvalue weighted by atomic mass is 9.83. The molecule has 0 aliphatic carbocycles. The first-order valence-corrected chi connectivity index (χ1v) is 10.4. The summed E-state index contributed by atoms with van der Waals surface area (Å²) < 4.78 is 0. The number of aliphatic hydroxyl groups excluding tert-OH is 1. The van der Waals surface area contributed by atoms with E-state index >= 15 is 0 Å². The number of hydrogen-bond acceptors (Lipinski definition) is 2. The Morgan fingerprint density at radius 3 is 2.29 bits per heavy atom. The fourth-order valence-corrected chi connectivity index (χ4v) is 3.67. The van der Waals surface area contributed by atoms with Crippen LogP contribution in [0, 0.1) is 19.8 Å². The molecule has 0 fully saturated rings. The van der Waals surface area contributed by atoms with E-state index in [0.717, 1.165) is 28.9 Å². The van der Waals surface area contributed by atoms with Crippen LogP contribution in [0.3, 0.4) is 0 Å². The molecule has 1 nitrogen and oxygen atoms in total. The summed E-state index contributed by atoms with van der Waals surface area (Å²) in [7, 11) is 0. The van der Waals surface area contributed by atoms with Crippen molar-refractivity contribution in [3.63, 3.8) is 0 Å². The number of aryl methyl sites for hydroxylation is 2. The molecule has 0 aromatic heterocycles. The molecule has 0 heterocycles. The fourth-order valence-electron chi connectivity index (χ4n) is 3.49. The van der Waals surface area contributed by atoms with E-state index in [9.17, 15) is 5.11 Å². The van der Waals surface area contributed by atoms with Crippen molar-refractivity contribution in [2.45, 2.75) is 60.3 Å². The maximum absolute atomic E-state index is 9.81. The zero-order chi connectivity index (χ0) is 21.4. The maximum atomic E-state index is 9.81. The Kier molecular flexibility index (Phi) is 9.61. The minimum atomic E-state index is 0.0856. The lowest BCUT2D eigenvalue weighted by Crippen LogP contribution is -2.08. The Morgan fingerprint density at radius 1 is 1.14 bits per heavy atom. The molecule has 1 rings (SSSR count). The topological polar surface area (TPSA) is 20.2 Å². The van der Waals surface area contributed by atoms with Gasteiger partial charge in [-0.15, -0.1) is 12.6 Å². The SMILES string of the molecule is C=C(O)/C(=C/C)C(=C)CC(C)c1cc(C)c(C)cc1CC(C)/C(S)=C/C=C\C. The Morgan fingerprint density at radius 2 is 1.75 bits per heavy atom. The molecule has 2 atom stereocenters. The van der Waals surface area contributed by atoms with Gasteiger partial charge in [0.25, 0.3) is 0 Å². The lowest BCUT2D eigenvalue weighted by molar-refractivity contribution is 0.426. The molecule has 1 aromatic rings. The highest BCUT2D eigenvalue weighted by atomic mass is 32.1. The second-order valence-corrected chi connectivity index (χ2v) is 8.23. The number of allylic oxidation sites excluding steroid dienone is 6. The van der Waals surface area contributed by atoms with E-state index in [-0.39, 0.29) is 5.76 Å². The van der Waals surface area contributed by atoms with Crippen LogP contribution in [0.4, 0.5) is 0 Å². The van der Waals surface area contributed by atoms with Crippen LogP contribution in [0.15, 0.2) is 71.4 Å². The van der Waals surface area contributed by atoms with Crippen molar-refractivity contribution in [3.05, 3.63) is 93.7 Å². The summed E-state index contributed by atoms with van der Waals surface area (Å²) in [4.78, 5) is 1.09. The van der Waals surface area contributed by atoms with Crippen molar-refractivity contribution in [2.24, 2.45) is 5.92 Å². The number of hydrogen-bond donors (Lipinski definition) is 2. The molecular formula is C26H36OS. The van der Waals surface area contributed by atoms with E-state index in [2.05, 4.69) is 71.7 Å². The van der Waals surface area contributed by atoms with Gasteiger partial charge in [0.15, 0.2) is 0 Å². The summed E-state index contributed by atoms with van der Waals surface area (Å²) in [5, 5.41) is 9.81. The molecule has 2 unspecified atom stereocenters. The molecule has 1 N–H and O–H groups in total. The van der Waals surface area contributed by atoms with Crippen molar-refractivity contribution in [1.29, 1.82) is 0 Å². The third-order valence-electron chi connectivity index (χ3n) is 5.31. The second-order valence-electron chi connectivity index (χ2n) is 7.72. The molecule has 0 bridgehead atoms. The minimum absolute atomic E-state index is 0.0856. The van der Waals surface area contributed by atoms with Crippen LogP contribution in [0.5, 0.6) is 0 Å². The number of rotatable bonds is 9. The first kappa shape index (κ1) is 24.1. The van der Waals surface area contributed by atoms with E-state index in [0.29, 0.717) is 11.8 Å². The smallest absolute Gasteiger partial charge is 0.115 e. The summed E-state index contributed by atoms with van der Waals surface area (Å²) in [6.07, 6.45) is 9.73. The molecule has 0 saturated carbocycles. The van der Waals surface area contributed by atoms with Gasteiger partial charge in [0.1, 0.15) is 5.76 Å². The predicted octanol–water partition coefficient (Wildman–Crippen LogP) is 7.94. The highest BCUT2D eigenvalue weighted by molar-refractivity contribution is 7.84. The largest absolute Gasteiger partial charge is 0.508 e. The molecule has 2 heteroatoms. The van der Waals surface area contributed by atoms with Crippen LogP contribution in [-0.4, -0.2) is 5.11 Å². The zero-order valence-electron chi connectivity index (χ0n) is 18.3. The van der Waals surface area contributed by atoms with Gasteiger partial charge < -0.3 is 5.11 Å². The number of benzene rings is 1. The molecule has 0 radical (unpaired) electrons. The van der Waals surface area contributed by atoms with Crippen LogP contribution in [-0.2, 0) is 6.42 Å². The minimum Gasteiger partial charge on any atom is -0.508 e. The molecular weight excluding hydrogens is 360 g/mol. The average molecular weight is 397 g/mol. The molecule has 0 saturated heterocycles.